The summed E-state index contributed by atoms with van der Waals surface area (Å²) in [6.45, 7) is 17.2. The number of nitrogens with one attached hydrogen (secondary N) is 1. The predicted octanol–water partition coefficient (Wildman–Crippen LogP) is 5.00. The third kappa shape index (κ3) is 3.48. The van der Waals surface area contributed by atoms with E-state index in [0.717, 1.165) is 19.6 Å². The van der Waals surface area contributed by atoms with Crippen molar-refractivity contribution < 1.29 is 0 Å². The molecule has 1 aromatic rings. The lowest BCUT2D eigenvalue weighted by molar-refractivity contribution is 0.376. The quantitative estimate of drug-likeness (QED) is 0.744. The molecular formula is C20H34N2. The zero-order valence-electron chi connectivity index (χ0n) is 15.4. The van der Waals surface area contributed by atoms with Crippen molar-refractivity contribution in [1.82, 2.24) is 5.32 Å². The summed E-state index contributed by atoms with van der Waals surface area (Å²) in [7, 11) is 0. The Morgan fingerprint density at radius 2 is 1.95 bits per heavy atom. The molecule has 1 aliphatic rings. The summed E-state index contributed by atoms with van der Waals surface area (Å²) in [5.41, 5.74) is 6.18. The summed E-state index contributed by atoms with van der Waals surface area (Å²) < 4.78 is 0. The van der Waals surface area contributed by atoms with Gasteiger partial charge in [0, 0.05) is 24.3 Å². The van der Waals surface area contributed by atoms with Gasteiger partial charge in [-0.3, -0.25) is 0 Å². The van der Waals surface area contributed by atoms with Gasteiger partial charge in [-0.1, -0.05) is 26.8 Å². The highest BCUT2D eigenvalue weighted by atomic mass is 15.2. The van der Waals surface area contributed by atoms with Crippen LogP contribution in [0.3, 0.4) is 0 Å². The highest BCUT2D eigenvalue weighted by Crippen LogP contribution is 2.44. The van der Waals surface area contributed by atoms with E-state index in [9.17, 15) is 0 Å². The topological polar surface area (TPSA) is 15.3 Å². The van der Waals surface area contributed by atoms with Crippen molar-refractivity contribution in [3.8, 4) is 0 Å². The highest BCUT2D eigenvalue weighted by Gasteiger charge is 2.36. The van der Waals surface area contributed by atoms with Crippen LogP contribution in [0.25, 0.3) is 0 Å². The number of aryl methyl sites for hydroxylation is 1. The van der Waals surface area contributed by atoms with Gasteiger partial charge >= 0.3 is 0 Å². The standard InChI is InChI=1S/C20H34N2/c1-7-9-21-14-17-12-18-16(4)13-20(5,6)22(10-8-2)19(18)11-15(17)3/h11-12,16,21H,7-10,13-14H2,1-6H3. The van der Waals surface area contributed by atoms with Gasteiger partial charge in [0.1, 0.15) is 0 Å². The van der Waals surface area contributed by atoms with Gasteiger partial charge in [-0.15, -0.1) is 0 Å². The third-order valence-electron chi connectivity index (χ3n) is 5.03. The van der Waals surface area contributed by atoms with Crippen molar-refractivity contribution in [1.29, 1.82) is 0 Å². The fourth-order valence-electron chi connectivity index (χ4n) is 3.92. The monoisotopic (exact) mass is 302 g/mol. The molecule has 1 unspecified atom stereocenters. The van der Waals surface area contributed by atoms with E-state index in [1.807, 2.05) is 0 Å². The van der Waals surface area contributed by atoms with Crippen molar-refractivity contribution in [2.75, 3.05) is 18.0 Å². The zero-order valence-corrected chi connectivity index (χ0v) is 15.4. The van der Waals surface area contributed by atoms with Gasteiger partial charge in [-0.2, -0.15) is 0 Å². The largest absolute Gasteiger partial charge is 0.366 e. The fourth-order valence-corrected chi connectivity index (χ4v) is 3.92. The number of benzene rings is 1. The van der Waals surface area contributed by atoms with Gasteiger partial charge in [0.2, 0.25) is 0 Å². The Morgan fingerprint density at radius 1 is 1.23 bits per heavy atom. The van der Waals surface area contributed by atoms with E-state index in [1.165, 1.54) is 36.1 Å². The number of hydrogen-bond acceptors (Lipinski definition) is 2. The molecule has 1 heterocycles. The van der Waals surface area contributed by atoms with Crippen molar-refractivity contribution >= 4 is 5.69 Å². The SMILES string of the molecule is CCCNCc1cc2c(cc1C)N(CCC)C(C)(C)CC2C. The second-order valence-electron chi connectivity index (χ2n) is 7.58. The molecular weight excluding hydrogens is 268 g/mol. The molecule has 0 aliphatic carbocycles. The Kier molecular flexibility index (Phi) is 5.55. The predicted molar refractivity (Wildman–Crippen MR) is 97.9 cm³/mol. The molecule has 0 saturated heterocycles. The van der Waals surface area contributed by atoms with E-state index in [-0.39, 0.29) is 5.54 Å². The average molecular weight is 303 g/mol. The molecule has 0 saturated carbocycles. The lowest BCUT2D eigenvalue weighted by Crippen LogP contribution is -2.48. The molecule has 1 aromatic carbocycles. The molecule has 0 fully saturated rings. The first kappa shape index (κ1) is 17.3. The molecule has 1 N–H and O–H groups in total. The van der Waals surface area contributed by atoms with Gasteiger partial charge in [-0.05, 0) is 75.3 Å². The van der Waals surface area contributed by atoms with E-state index in [2.05, 4.69) is 63.9 Å². The second kappa shape index (κ2) is 7.04. The van der Waals surface area contributed by atoms with Gasteiger partial charge in [0.05, 0.1) is 0 Å². The first-order valence-corrected chi connectivity index (χ1v) is 9.02. The Bertz CT molecular complexity index is 505. The second-order valence-corrected chi connectivity index (χ2v) is 7.58. The smallest absolute Gasteiger partial charge is 0.0408 e. The molecule has 1 aliphatic heterocycles. The van der Waals surface area contributed by atoms with Crippen LogP contribution in [0.15, 0.2) is 12.1 Å². The summed E-state index contributed by atoms with van der Waals surface area (Å²) in [5.74, 6) is 0.642. The molecule has 0 radical (unpaired) electrons. The Hall–Kier alpha value is -1.02. The minimum Gasteiger partial charge on any atom is -0.366 e. The number of fused-ring (bicyclic) bond motifs is 1. The zero-order chi connectivity index (χ0) is 16.3. The minimum absolute atomic E-state index is 0.261. The fraction of sp³-hybridized carbons (Fsp3) is 0.700. The van der Waals surface area contributed by atoms with Crippen molar-refractivity contribution in [2.45, 2.75) is 78.8 Å². The van der Waals surface area contributed by atoms with Crippen molar-refractivity contribution in [2.24, 2.45) is 0 Å². The van der Waals surface area contributed by atoms with Crippen LogP contribution in [-0.4, -0.2) is 18.6 Å². The molecule has 2 nitrogen and oxygen atoms in total. The highest BCUT2D eigenvalue weighted by molar-refractivity contribution is 5.62. The lowest BCUT2D eigenvalue weighted by atomic mass is 9.79. The molecule has 0 aromatic heterocycles. The van der Waals surface area contributed by atoms with Crippen molar-refractivity contribution in [3.63, 3.8) is 0 Å². The normalized spacial score (nSPS) is 20.1. The van der Waals surface area contributed by atoms with E-state index in [4.69, 9.17) is 0 Å². The van der Waals surface area contributed by atoms with Crippen LogP contribution in [0.1, 0.15) is 76.5 Å². The van der Waals surface area contributed by atoms with Crippen molar-refractivity contribution in [3.05, 3.63) is 28.8 Å². The van der Waals surface area contributed by atoms with Crippen LogP contribution >= 0.6 is 0 Å². The van der Waals surface area contributed by atoms with Gasteiger partial charge in [0.25, 0.3) is 0 Å². The Morgan fingerprint density at radius 3 is 2.59 bits per heavy atom. The number of nitrogens with zero attached hydrogens (tertiary/aromatic N) is 1. The first-order valence-electron chi connectivity index (χ1n) is 9.02. The maximum Gasteiger partial charge on any atom is 0.0408 e. The molecule has 22 heavy (non-hydrogen) atoms. The first-order chi connectivity index (χ1) is 10.4. The molecule has 124 valence electrons. The van der Waals surface area contributed by atoms with E-state index < -0.39 is 0 Å². The summed E-state index contributed by atoms with van der Waals surface area (Å²) in [6, 6.07) is 4.90. The van der Waals surface area contributed by atoms with Crippen LogP contribution in [-0.2, 0) is 6.54 Å². The van der Waals surface area contributed by atoms with Gasteiger partial charge in [0.15, 0.2) is 0 Å². The summed E-state index contributed by atoms with van der Waals surface area (Å²) >= 11 is 0. The number of hydrogen-bond donors (Lipinski definition) is 1. The maximum atomic E-state index is 3.55. The Labute approximate surface area is 137 Å². The summed E-state index contributed by atoms with van der Waals surface area (Å²) in [6.07, 6.45) is 3.64. The Balaban J connectivity index is 2.37. The molecule has 0 amide bonds. The molecule has 2 heteroatoms. The van der Waals surface area contributed by atoms with E-state index in [0.29, 0.717) is 5.92 Å². The molecule has 0 bridgehead atoms. The molecule has 0 spiro atoms. The lowest BCUT2D eigenvalue weighted by Gasteiger charge is -2.48. The van der Waals surface area contributed by atoms with Gasteiger partial charge < -0.3 is 10.2 Å². The molecule has 1 atom stereocenters. The van der Waals surface area contributed by atoms with Gasteiger partial charge in [-0.25, -0.2) is 0 Å². The summed E-state index contributed by atoms with van der Waals surface area (Å²) in [4.78, 5) is 2.64. The van der Waals surface area contributed by atoms with Crippen LogP contribution < -0.4 is 10.2 Å². The number of anilines is 1. The summed E-state index contributed by atoms with van der Waals surface area (Å²) in [5, 5.41) is 3.55. The van der Waals surface area contributed by atoms with E-state index >= 15 is 0 Å². The van der Waals surface area contributed by atoms with E-state index in [1.54, 1.807) is 5.56 Å². The number of rotatable bonds is 6. The third-order valence-corrected chi connectivity index (χ3v) is 5.03. The van der Waals surface area contributed by atoms with Crippen LogP contribution in [0, 0.1) is 6.92 Å². The maximum absolute atomic E-state index is 3.55. The minimum atomic E-state index is 0.261. The van der Waals surface area contributed by atoms with Crippen LogP contribution in [0.5, 0.6) is 0 Å². The van der Waals surface area contributed by atoms with Crippen LogP contribution in [0.4, 0.5) is 5.69 Å². The average Bonchev–Trinajstić information content (AvgIpc) is 2.44. The molecule has 2 rings (SSSR count). The van der Waals surface area contributed by atoms with Crippen LogP contribution in [0.2, 0.25) is 0 Å².